The van der Waals surface area contributed by atoms with Gasteiger partial charge in [0.1, 0.15) is 11.5 Å². The van der Waals surface area contributed by atoms with Gasteiger partial charge >= 0.3 is 0 Å². The number of hydrogen-bond acceptors (Lipinski definition) is 7. The minimum Gasteiger partial charge on any atom is -0.497 e. The third-order valence-corrected chi connectivity index (χ3v) is 5.13. The molecule has 0 aliphatic heterocycles. The summed E-state index contributed by atoms with van der Waals surface area (Å²) >= 11 is 1.61. The van der Waals surface area contributed by atoms with Gasteiger partial charge in [-0.1, -0.05) is 11.8 Å². The molecule has 0 bridgehead atoms. The number of nitrogens with zero attached hydrogens (tertiary/aromatic N) is 4. The van der Waals surface area contributed by atoms with E-state index in [-0.39, 0.29) is 5.69 Å². The minimum atomic E-state index is -0.429. The summed E-state index contributed by atoms with van der Waals surface area (Å²) in [7, 11) is 3.58. The Hall–Kier alpha value is -3.07. The van der Waals surface area contributed by atoms with E-state index in [1.165, 1.54) is 12.1 Å². The summed E-state index contributed by atoms with van der Waals surface area (Å²) in [6.45, 7) is 0.522. The zero-order valence-corrected chi connectivity index (χ0v) is 16.4. The molecule has 0 radical (unpaired) electrons. The van der Waals surface area contributed by atoms with Crippen molar-refractivity contribution in [2.75, 3.05) is 19.5 Å². The van der Waals surface area contributed by atoms with Gasteiger partial charge < -0.3 is 14.0 Å². The highest BCUT2D eigenvalue weighted by molar-refractivity contribution is 7.99. The van der Waals surface area contributed by atoms with Crippen molar-refractivity contribution in [3.05, 3.63) is 58.6 Å². The van der Waals surface area contributed by atoms with Crippen molar-refractivity contribution in [3.63, 3.8) is 0 Å². The first kappa shape index (κ1) is 19.7. The molecule has 146 valence electrons. The zero-order valence-electron chi connectivity index (χ0n) is 15.6. The lowest BCUT2D eigenvalue weighted by atomic mass is 10.2. The molecular weight excluding hydrogens is 380 g/mol. The molecule has 2 aromatic carbocycles. The highest BCUT2D eigenvalue weighted by Gasteiger charge is 2.11. The van der Waals surface area contributed by atoms with Gasteiger partial charge in [-0.3, -0.25) is 10.1 Å². The number of thioether (sulfide) groups is 1. The van der Waals surface area contributed by atoms with Gasteiger partial charge in [0, 0.05) is 30.5 Å². The summed E-state index contributed by atoms with van der Waals surface area (Å²) in [6.07, 6.45) is 0.812. The average Bonchev–Trinajstić information content (AvgIpc) is 3.08. The van der Waals surface area contributed by atoms with Crippen LogP contribution in [0.15, 0.2) is 53.7 Å². The summed E-state index contributed by atoms with van der Waals surface area (Å²) in [5, 5.41) is 20.0. The van der Waals surface area contributed by atoms with Crippen molar-refractivity contribution in [2.24, 2.45) is 7.05 Å². The van der Waals surface area contributed by atoms with E-state index in [0.29, 0.717) is 12.4 Å². The van der Waals surface area contributed by atoms with E-state index >= 15 is 0 Å². The number of nitro groups is 1. The number of methoxy groups -OCH3 is 1. The Morgan fingerprint density at radius 1 is 1.07 bits per heavy atom. The maximum atomic E-state index is 10.6. The summed E-state index contributed by atoms with van der Waals surface area (Å²) < 4.78 is 12.8. The fourth-order valence-corrected chi connectivity index (χ4v) is 3.33. The van der Waals surface area contributed by atoms with Gasteiger partial charge in [0.05, 0.1) is 18.6 Å². The number of rotatable bonds is 9. The molecule has 0 atom stereocenters. The van der Waals surface area contributed by atoms with E-state index in [9.17, 15) is 10.1 Å². The lowest BCUT2D eigenvalue weighted by Gasteiger charge is -2.06. The summed E-state index contributed by atoms with van der Waals surface area (Å²) in [4.78, 5) is 10.2. The predicted octanol–water partition coefficient (Wildman–Crippen LogP) is 3.96. The maximum Gasteiger partial charge on any atom is 0.269 e. The third kappa shape index (κ3) is 4.80. The molecule has 0 amide bonds. The largest absolute Gasteiger partial charge is 0.497 e. The molecule has 3 rings (SSSR count). The number of nitro benzene ring substituents is 1. The molecule has 9 heteroatoms. The van der Waals surface area contributed by atoms with Crippen LogP contribution in [0.25, 0.3) is 11.4 Å². The van der Waals surface area contributed by atoms with Crippen molar-refractivity contribution in [1.82, 2.24) is 14.8 Å². The van der Waals surface area contributed by atoms with E-state index in [1.807, 2.05) is 35.9 Å². The first-order valence-corrected chi connectivity index (χ1v) is 9.61. The second-order valence-corrected chi connectivity index (χ2v) is 6.96. The van der Waals surface area contributed by atoms with Crippen LogP contribution in [0.3, 0.4) is 0 Å². The molecule has 0 saturated heterocycles. The molecule has 0 unspecified atom stereocenters. The van der Waals surface area contributed by atoms with Gasteiger partial charge in [0.25, 0.3) is 5.69 Å². The highest BCUT2D eigenvalue weighted by Crippen LogP contribution is 2.25. The fourth-order valence-electron chi connectivity index (χ4n) is 2.51. The molecule has 0 saturated carbocycles. The minimum absolute atomic E-state index is 0.0536. The summed E-state index contributed by atoms with van der Waals surface area (Å²) in [6, 6.07) is 13.8. The van der Waals surface area contributed by atoms with Gasteiger partial charge in [-0.15, -0.1) is 10.2 Å². The van der Waals surface area contributed by atoms with Crippen molar-refractivity contribution in [2.45, 2.75) is 11.6 Å². The highest BCUT2D eigenvalue weighted by atomic mass is 32.2. The fraction of sp³-hybridized carbons (Fsp3) is 0.263. The lowest BCUT2D eigenvalue weighted by Crippen LogP contribution is -2.00. The Balaban J connectivity index is 1.47. The maximum absolute atomic E-state index is 10.6. The summed E-state index contributed by atoms with van der Waals surface area (Å²) in [5.74, 6) is 3.04. The number of non-ortho nitro benzene ring substituents is 1. The molecule has 0 aliphatic carbocycles. The Kier molecular flexibility index (Phi) is 6.49. The average molecular weight is 400 g/mol. The van der Waals surface area contributed by atoms with Gasteiger partial charge in [-0.25, -0.2) is 0 Å². The topological polar surface area (TPSA) is 92.3 Å². The second kappa shape index (κ2) is 9.23. The molecule has 28 heavy (non-hydrogen) atoms. The molecule has 0 N–H and O–H groups in total. The summed E-state index contributed by atoms with van der Waals surface area (Å²) in [5.41, 5.74) is 1.03. The predicted molar refractivity (Wildman–Crippen MR) is 107 cm³/mol. The van der Waals surface area contributed by atoms with E-state index in [1.54, 1.807) is 31.0 Å². The number of ether oxygens (including phenoxy) is 2. The molecular formula is C19H20N4O4S. The molecule has 0 fully saturated rings. The van der Waals surface area contributed by atoms with Crippen LogP contribution in [-0.4, -0.2) is 39.2 Å². The standard InChI is InChI=1S/C19H20N4O4S/c1-22-18(14-4-8-16(26-2)9-5-14)20-21-19(22)28-13-3-12-27-17-10-6-15(7-11-17)23(24)25/h4-11H,3,12-13H2,1-2H3. The van der Waals surface area contributed by atoms with Crippen molar-refractivity contribution in [3.8, 4) is 22.9 Å². The number of hydrogen-bond donors (Lipinski definition) is 0. The second-order valence-electron chi connectivity index (χ2n) is 5.90. The quantitative estimate of drug-likeness (QED) is 0.232. The lowest BCUT2D eigenvalue weighted by molar-refractivity contribution is -0.384. The van der Waals surface area contributed by atoms with Crippen LogP contribution in [-0.2, 0) is 7.05 Å². The van der Waals surface area contributed by atoms with Crippen LogP contribution < -0.4 is 9.47 Å². The SMILES string of the molecule is COc1ccc(-c2nnc(SCCCOc3ccc([N+](=O)[O-])cc3)n2C)cc1. The van der Waals surface area contributed by atoms with E-state index in [2.05, 4.69) is 10.2 Å². The van der Waals surface area contributed by atoms with Crippen LogP contribution in [0.2, 0.25) is 0 Å². The normalized spacial score (nSPS) is 10.6. The number of benzene rings is 2. The smallest absolute Gasteiger partial charge is 0.269 e. The monoisotopic (exact) mass is 400 g/mol. The van der Waals surface area contributed by atoms with Crippen LogP contribution in [0.5, 0.6) is 11.5 Å². The third-order valence-electron chi connectivity index (χ3n) is 4.02. The zero-order chi connectivity index (χ0) is 19.9. The number of aromatic nitrogens is 3. The van der Waals surface area contributed by atoms with Gasteiger partial charge in [0.2, 0.25) is 0 Å². The van der Waals surface area contributed by atoms with Gasteiger partial charge in [-0.2, -0.15) is 0 Å². The molecule has 1 aromatic heterocycles. The van der Waals surface area contributed by atoms with E-state index in [0.717, 1.165) is 34.5 Å². The van der Waals surface area contributed by atoms with Gasteiger partial charge in [0.15, 0.2) is 11.0 Å². The van der Waals surface area contributed by atoms with Gasteiger partial charge in [-0.05, 0) is 42.8 Å². The Labute approximate surface area is 166 Å². The van der Waals surface area contributed by atoms with Crippen molar-refractivity contribution in [1.29, 1.82) is 0 Å². The van der Waals surface area contributed by atoms with Crippen LogP contribution in [0.4, 0.5) is 5.69 Å². The first-order chi connectivity index (χ1) is 13.6. The molecule has 0 spiro atoms. The van der Waals surface area contributed by atoms with E-state index in [4.69, 9.17) is 9.47 Å². The molecule has 1 heterocycles. The van der Waals surface area contributed by atoms with Crippen molar-refractivity contribution < 1.29 is 14.4 Å². The van der Waals surface area contributed by atoms with Crippen LogP contribution in [0, 0.1) is 10.1 Å². The molecule has 3 aromatic rings. The Morgan fingerprint density at radius 2 is 1.75 bits per heavy atom. The van der Waals surface area contributed by atoms with Crippen LogP contribution >= 0.6 is 11.8 Å². The van der Waals surface area contributed by atoms with Crippen molar-refractivity contribution >= 4 is 17.4 Å². The Bertz CT molecular complexity index is 926. The first-order valence-electron chi connectivity index (χ1n) is 8.62. The molecule has 0 aliphatic rings. The van der Waals surface area contributed by atoms with E-state index < -0.39 is 4.92 Å². The molecule has 8 nitrogen and oxygen atoms in total. The Morgan fingerprint density at radius 3 is 2.39 bits per heavy atom. The van der Waals surface area contributed by atoms with Crippen LogP contribution in [0.1, 0.15) is 6.42 Å².